The van der Waals surface area contributed by atoms with Gasteiger partial charge in [-0.1, -0.05) is 0 Å². The number of aryl methyl sites for hydroxylation is 1. The summed E-state index contributed by atoms with van der Waals surface area (Å²) < 4.78 is 12.3. The standard InChI is InChI=1S/C15H17N3O2/c1-18-10-11(6-12(18)8-16)9-17-14-7-13(19-2)4-5-15(14)20-3/h4-7,10,17H,9H2,1-3H3. The third kappa shape index (κ3) is 2.86. The van der Waals surface area contributed by atoms with E-state index in [1.54, 1.807) is 18.8 Å². The van der Waals surface area contributed by atoms with E-state index in [1.807, 2.05) is 37.5 Å². The largest absolute Gasteiger partial charge is 0.497 e. The lowest BCUT2D eigenvalue weighted by atomic mass is 10.2. The van der Waals surface area contributed by atoms with Gasteiger partial charge in [0.05, 0.1) is 19.9 Å². The Morgan fingerprint density at radius 1 is 1.25 bits per heavy atom. The topological polar surface area (TPSA) is 59.2 Å². The maximum absolute atomic E-state index is 8.94. The van der Waals surface area contributed by atoms with Crippen LogP contribution >= 0.6 is 0 Å². The summed E-state index contributed by atoms with van der Waals surface area (Å²) in [5.74, 6) is 1.52. The number of hydrogen-bond acceptors (Lipinski definition) is 4. The number of aromatic nitrogens is 1. The molecule has 0 fully saturated rings. The van der Waals surface area contributed by atoms with Gasteiger partial charge < -0.3 is 19.4 Å². The van der Waals surface area contributed by atoms with Crippen LogP contribution in [0.25, 0.3) is 0 Å². The molecule has 0 atom stereocenters. The summed E-state index contributed by atoms with van der Waals surface area (Å²) in [5, 5.41) is 12.2. The van der Waals surface area contributed by atoms with E-state index in [0.717, 1.165) is 22.7 Å². The van der Waals surface area contributed by atoms with Crippen molar-refractivity contribution in [3.8, 4) is 17.6 Å². The number of methoxy groups -OCH3 is 2. The molecule has 1 aromatic heterocycles. The van der Waals surface area contributed by atoms with Gasteiger partial charge in [0.15, 0.2) is 0 Å². The van der Waals surface area contributed by atoms with E-state index in [1.165, 1.54) is 0 Å². The highest BCUT2D eigenvalue weighted by molar-refractivity contribution is 5.60. The molecule has 2 rings (SSSR count). The zero-order valence-electron chi connectivity index (χ0n) is 11.8. The van der Waals surface area contributed by atoms with Crippen molar-refractivity contribution in [1.29, 1.82) is 5.26 Å². The predicted octanol–water partition coefficient (Wildman–Crippen LogP) is 2.53. The molecule has 0 bridgehead atoms. The van der Waals surface area contributed by atoms with Crippen molar-refractivity contribution in [3.05, 3.63) is 41.7 Å². The van der Waals surface area contributed by atoms with Crippen molar-refractivity contribution in [3.63, 3.8) is 0 Å². The molecule has 1 aromatic carbocycles. The second-order valence-corrected chi connectivity index (χ2v) is 4.38. The van der Waals surface area contributed by atoms with Gasteiger partial charge in [-0.25, -0.2) is 0 Å². The molecule has 0 saturated heterocycles. The number of hydrogen-bond donors (Lipinski definition) is 1. The molecular weight excluding hydrogens is 254 g/mol. The van der Waals surface area contributed by atoms with E-state index in [2.05, 4.69) is 11.4 Å². The molecule has 5 heteroatoms. The monoisotopic (exact) mass is 271 g/mol. The average Bonchev–Trinajstić information content (AvgIpc) is 2.84. The number of nitrogens with zero attached hydrogens (tertiary/aromatic N) is 2. The fourth-order valence-corrected chi connectivity index (χ4v) is 1.99. The summed E-state index contributed by atoms with van der Waals surface area (Å²) >= 11 is 0. The van der Waals surface area contributed by atoms with Gasteiger partial charge in [-0.2, -0.15) is 5.26 Å². The number of ether oxygens (including phenoxy) is 2. The van der Waals surface area contributed by atoms with Crippen LogP contribution in [-0.4, -0.2) is 18.8 Å². The Hall–Kier alpha value is -2.61. The predicted molar refractivity (Wildman–Crippen MR) is 77.0 cm³/mol. The highest BCUT2D eigenvalue weighted by Gasteiger charge is 2.06. The average molecular weight is 271 g/mol. The van der Waals surface area contributed by atoms with E-state index >= 15 is 0 Å². The van der Waals surface area contributed by atoms with E-state index in [9.17, 15) is 0 Å². The normalized spacial score (nSPS) is 9.90. The molecule has 5 nitrogen and oxygen atoms in total. The summed E-state index contributed by atoms with van der Waals surface area (Å²) in [7, 11) is 5.11. The molecule has 0 unspecified atom stereocenters. The van der Waals surface area contributed by atoms with E-state index in [-0.39, 0.29) is 0 Å². The van der Waals surface area contributed by atoms with Crippen molar-refractivity contribution in [2.24, 2.45) is 7.05 Å². The van der Waals surface area contributed by atoms with Gasteiger partial charge in [-0.05, 0) is 23.8 Å². The number of rotatable bonds is 5. The first kappa shape index (κ1) is 13.8. The Balaban J connectivity index is 2.15. The van der Waals surface area contributed by atoms with Crippen molar-refractivity contribution in [2.75, 3.05) is 19.5 Å². The maximum atomic E-state index is 8.94. The maximum Gasteiger partial charge on any atom is 0.142 e. The molecule has 2 aromatic rings. The van der Waals surface area contributed by atoms with Crippen molar-refractivity contribution in [2.45, 2.75) is 6.54 Å². The minimum Gasteiger partial charge on any atom is -0.497 e. The second-order valence-electron chi connectivity index (χ2n) is 4.38. The first-order valence-electron chi connectivity index (χ1n) is 6.19. The zero-order valence-corrected chi connectivity index (χ0v) is 11.8. The molecule has 0 radical (unpaired) electrons. The van der Waals surface area contributed by atoms with Gasteiger partial charge in [0.1, 0.15) is 23.3 Å². The van der Waals surface area contributed by atoms with E-state index < -0.39 is 0 Å². The highest BCUT2D eigenvalue weighted by atomic mass is 16.5. The van der Waals surface area contributed by atoms with Gasteiger partial charge in [0.25, 0.3) is 0 Å². The molecule has 1 N–H and O–H groups in total. The zero-order chi connectivity index (χ0) is 14.5. The van der Waals surface area contributed by atoms with Crippen LogP contribution in [0, 0.1) is 11.3 Å². The van der Waals surface area contributed by atoms with Crippen LogP contribution in [0.5, 0.6) is 11.5 Å². The second kappa shape index (κ2) is 6.02. The molecule has 0 saturated carbocycles. The third-order valence-electron chi connectivity index (χ3n) is 3.07. The highest BCUT2D eigenvalue weighted by Crippen LogP contribution is 2.29. The smallest absolute Gasteiger partial charge is 0.142 e. The van der Waals surface area contributed by atoms with Gasteiger partial charge in [-0.15, -0.1) is 0 Å². The Morgan fingerprint density at radius 2 is 2.05 bits per heavy atom. The molecule has 0 amide bonds. The van der Waals surface area contributed by atoms with Crippen LogP contribution in [0.4, 0.5) is 5.69 Å². The summed E-state index contributed by atoms with van der Waals surface area (Å²) in [6.45, 7) is 0.610. The molecule has 1 heterocycles. The summed E-state index contributed by atoms with van der Waals surface area (Å²) in [5.41, 5.74) is 2.53. The van der Waals surface area contributed by atoms with Gasteiger partial charge >= 0.3 is 0 Å². The molecule has 0 aliphatic heterocycles. The van der Waals surface area contributed by atoms with Crippen molar-refractivity contribution < 1.29 is 9.47 Å². The minimum absolute atomic E-state index is 0.610. The molecule has 0 aliphatic carbocycles. The lowest BCUT2D eigenvalue weighted by Gasteiger charge is -2.12. The minimum atomic E-state index is 0.610. The van der Waals surface area contributed by atoms with Crippen LogP contribution in [0.15, 0.2) is 30.5 Å². The van der Waals surface area contributed by atoms with Crippen LogP contribution in [0.3, 0.4) is 0 Å². The molecule has 104 valence electrons. The molecule has 0 spiro atoms. The number of nitriles is 1. The fraction of sp³-hybridized carbons (Fsp3) is 0.267. The first-order chi connectivity index (χ1) is 9.67. The Morgan fingerprint density at radius 3 is 2.65 bits per heavy atom. The van der Waals surface area contributed by atoms with Gasteiger partial charge in [0, 0.05) is 25.9 Å². The quantitative estimate of drug-likeness (QED) is 0.907. The van der Waals surface area contributed by atoms with Crippen LogP contribution < -0.4 is 14.8 Å². The summed E-state index contributed by atoms with van der Waals surface area (Å²) in [6, 6.07) is 9.59. The van der Waals surface area contributed by atoms with E-state index in [4.69, 9.17) is 14.7 Å². The molecule has 20 heavy (non-hydrogen) atoms. The van der Waals surface area contributed by atoms with Crippen molar-refractivity contribution in [1.82, 2.24) is 4.57 Å². The van der Waals surface area contributed by atoms with Gasteiger partial charge in [-0.3, -0.25) is 0 Å². The van der Waals surface area contributed by atoms with Gasteiger partial charge in [0.2, 0.25) is 0 Å². The SMILES string of the molecule is COc1ccc(OC)c(NCc2cc(C#N)n(C)c2)c1. The third-order valence-corrected chi connectivity index (χ3v) is 3.07. The number of anilines is 1. The Labute approximate surface area is 118 Å². The van der Waals surface area contributed by atoms with Crippen molar-refractivity contribution >= 4 is 5.69 Å². The number of benzene rings is 1. The Kier molecular flexibility index (Phi) is 4.16. The summed E-state index contributed by atoms with van der Waals surface area (Å²) in [4.78, 5) is 0. The Bertz CT molecular complexity index is 641. The number of nitrogens with one attached hydrogen (secondary N) is 1. The first-order valence-corrected chi connectivity index (χ1v) is 6.19. The lowest BCUT2D eigenvalue weighted by molar-refractivity contribution is 0.404. The van der Waals surface area contributed by atoms with E-state index in [0.29, 0.717) is 12.2 Å². The van der Waals surface area contributed by atoms with Crippen LogP contribution in [0.1, 0.15) is 11.3 Å². The summed E-state index contributed by atoms with van der Waals surface area (Å²) in [6.07, 6.45) is 1.93. The van der Waals surface area contributed by atoms with Crippen LogP contribution in [0.2, 0.25) is 0 Å². The van der Waals surface area contributed by atoms with Crippen LogP contribution in [-0.2, 0) is 13.6 Å². The lowest BCUT2D eigenvalue weighted by Crippen LogP contribution is -2.01. The molecular formula is C15H17N3O2. The fourth-order valence-electron chi connectivity index (χ4n) is 1.99. The molecule has 0 aliphatic rings.